The summed E-state index contributed by atoms with van der Waals surface area (Å²) in [7, 11) is 2.25. The van der Waals surface area contributed by atoms with Crippen LogP contribution in [0.3, 0.4) is 0 Å². The van der Waals surface area contributed by atoms with Crippen molar-refractivity contribution in [2.75, 3.05) is 20.1 Å². The van der Waals surface area contributed by atoms with E-state index in [0.29, 0.717) is 5.41 Å². The average molecular weight is 207 g/mol. The molecule has 1 unspecified atom stereocenters. The van der Waals surface area contributed by atoms with Gasteiger partial charge in [0, 0.05) is 0 Å². The Labute approximate surface area is 94.5 Å². The lowest BCUT2D eigenvalue weighted by Crippen LogP contribution is -2.41. The summed E-state index contributed by atoms with van der Waals surface area (Å²) in [5.74, 6) is 0.954. The van der Waals surface area contributed by atoms with Gasteiger partial charge in [0.05, 0.1) is 0 Å². The Bertz CT molecular complexity index is 246. The van der Waals surface area contributed by atoms with Gasteiger partial charge in [0.1, 0.15) is 0 Å². The predicted molar refractivity (Wildman–Crippen MR) is 65.9 cm³/mol. The van der Waals surface area contributed by atoms with E-state index in [-0.39, 0.29) is 0 Å². The van der Waals surface area contributed by atoms with Crippen LogP contribution in [-0.4, -0.2) is 25.0 Å². The molecule has 15 heavy (non-hydrogen) atoms. The number of likely N-dealkylation sites (tertiary alicyclic amines) is 1. The number of piperidine rings is 1. The van der Waals surface area contributed by atoms with Gasteiger partial charge < -0.3 is 4.90 Å². The SMILES string of the molecule is CC1=CCC(C2(C)CCN(C)CC2)CC1. The molecule has 1 fully saturated rings. The van der Waals surface area contributed by atoms with Gasteiger partial charge >= 0.3 is 0 Å². The van der Waals surface area contributed by atoms with Crippen molar-refractivity contribution in [3.63, 3.8) is 0 Å². The molecule has 1 heteroatoms. The van der Waals surface area contributed by atoms with Crippen molar-refractivity contribution < 1.29 is 0 Å². The zero-order valence-corrected chi connectivity index (χ0v) is 10.6. The van der Waals surface area contributed by atoms with Gasteiger partial charge in [-0.1, -0.05) is 18.6 Å². The average Bonchev–Trinajstić information content (AvgIpc) is 2.24. The first-order valence-corrected chi connectivity index (χ1v) is 6.44. The maximum Gasteiger partial charge on any atom is -0.00165 e. The summed E-state index contributed by atoms with van der Waals surface area (Å²) in [6.45, 7) is 7.41. The van der Waals surface area contributed by atoms with E-state index in [0.717, 1.165) is 5.92 Å². The van der Waals surface area contributed by atoms with Gasteiger partial charge in [0.25, 0.3) is 0 Å². The van der Waals surface area contributed by atoms with Crippen molar-refractivity contribution in [2.24, 2.45) is 11.3 Å². The van der Waals surface area contributed by atoms with Crippen molar-refractivity contribution in [1.29, 1.82) is 0 Å². The third-order valence-corrected chi connectivity index (χ3v) is 4.75. The zero-order chi connectivity index (χ0) is 10.9. The van der Waals surface area contributed by atoms with Crippen molar-refractivity contribution in [2.45, 2.75) is 46.0 Å². The van der Waals surface area contributed by atoms with Gasteiger partial charge in [-0.25, -0.2) is 0 Å². The standard InChI is InChI=1S/C14H25N/c1-12-4-6-13(7-5-12)14(2)8-10-15(3)11-9-14/h4,13H,5-11H2,1-3H3. The minimum Gasteiger partial charge on any atom is -0.306 e. The predicted octanol–water partition coefficient (Wildman–Crippen LogP) is 3.46. The highest BCUT2D eigenvalue weighted by Gasteiger charge is 2.36. The second kappa shape index (κ2) is 4.29. The zero-order valence-electron chi connectivity index (χ0n) is 10.6. The van der Waals surface area contributed by atoms with Crippen LogP contribution in [0.15, 0.2) is 11.6 Å². The molecule has 0 amide bonds. The summed E-state index contributed by atoms with van der Waals surface area (Å²) < 4.78 is 0. The summed E-state index contributed by atoms with van der Waals surface area (Å²) in [6.07, 6.45) is 9.41. The molecule has 1 nitrogen and oxygen atoms in total. The highest BCUT2D eigenvalue weighted by atomic mass is 15.1. The molecule has 0 radical (unpaired) electrons. The van der Waals surface area contributed by atoms with Crippen LogP contribution < -0.4 is 0 Å². The molecule has 1 aliphatic carbocycles. The molecular weight excluding hydrogens is 182 g/mol. The van der Waals surface area contributed by atoms with Crippen molar-refractivity contribution in [3.8, 4) is 0 Å². The summed E-state index contributed by atoms with van der Waals surface area (Å²) in [5, 5.41) is 0. The summed E-state index contributed by atoms with van der Waals surface area (Å²) in [6, 6.07) is 0. The largest absolute Gasteiger partial charge is 0.306 e. The summed E-state index contributed by atoms with van der Waals surface area (Å²) in [5.41, 5.74) is 2.24. The van der Waals surface area contributed by atoms with E-state index in [9.17, 15) is 0 Å². The highest BCUT2D eigenvalue weighted by Crippen LogP contribution is 2.44. The molecule has 1 atom stereocenters. The highest BCUT2D eigenvalue weighted by molar-refractivity contribution is 5.05. The molecule has 0 aromatic rings. The lowest BCUT2D eigenvalue weighted by Gasteiger charge is -2.44. The van der Waals surface area contributed by atoms with Crippen LogP contribution in [0.1, 0.15) is 46.0 Å². The van der Waals surface area contributed by atoms with E-state index in [1.807, 2.05) is 0 Å². The third-order valence-electron chi connectivity index (χ3n) is 4.75. The maximum absolute atomic E-state index is 2.53. The van der Waals surface area contributed by atoms with Gasteiger partial charge in [0.15, 0.2) is 0 Å². The van der Waals surface area contributed by atoms with Gasteiger partial charge in [-0.2, -0.15) is 0 Å². The van der Waals surface area contributed by atoms with Crippen molar-refractivity contribution in [1.82, 2.24) is 4.90 Å². The van der Waals surface area contributed by atoms with Crippen molar-refractivity contribution >= 4 is 0 Å². The molecule has 1 aliphatic heterocycles. The van der Waals surface area contributed by atoms with Crippen LogP contribution >= 0.6 is 0 Å². The lowest BCUT2D eigenvalue weighted by molar-refractivity contribution is 0.0699. The molecule has 86 valence electrons. The molecule has 0 aromatic heterocycles. The summed E-state index contributed by atoms with van der Waals surface area (Å²) in [4.78, 5) is 2.48. The fourth-order valence-electron chi connectivity index (χ4n) is 3.14. The summed E-state index contributed by atoms with van der Waals surface area (Å²) >= 11 is 0. The topological polar surface area (TPSA) is 3.24 Å². The minimum atomic E-state index is 0.629. The molecule has 0 N–H and O–H groups in total. The number of hydrogen-bond acceptors (Lipinski definition) is 1. The Morgan fingerprint density at radius 3 is 2.53 bits per heavy atom. The quantitative estimate of drug-likeness (QED) is 0.595. The van der Waals surface area contributed by atoms with E-state index in [1.165, 1.54) is 45.2 Å². The number of nitrogens with zero attached hydrogens (tertiary/aromatic N) is 1. The molecular formula is C14H25N. The number of allylic oxidation sites excluding steroid dienone is 2. The van der Waals surface area contributed by atoms with Crippen LogP contribution in [0.5, 0.6) is 0 Å². The molecule has 2 rings (SSSR count). The first-order valence-electron chi connectivity index (χ1n) is 6.44. The Hall–Kier alpha value is -0.300. The van der Waals surface area contributed by atoms with Crippen LogP contribution in [0, 0.1) is 11.3 Å². The molecule has 0 spiro atoms. The van der Waals surface area contributed by atoms with E-state index < -0.39 is 0 Å². The minimum absolute atomic E-state index is 0.629. The fraction of sp³-hybridized carbons (Fsp3) is 0.857. The normalized spacial score (nSPS) is 32.5. The van der Waals surface area contributed by atoms with Gasteiger partial charge in [-0.15, -0.1) is 0 Å². The molecule has 1 saturated heterocycles. The molecule has 0 saturated carbocycles. The van der Waals surface area contributed by atoms with Gasteiger partial charge in [-0.3, -0.25) is 0 Å². The van der Waals surface area contributed by atoms with E-state index in [1.54, 1.807) is 5.57 Å². The van der Waals surface area contributed by atoms with Crippen molar-refractivity contribution in [3.05, 3.63) is 11.6 Å². The maximum atomic E-state index is 2.53. The number of rotatable bonds is 1. The van der Waals surface area contributed by atoms with Crippen LogP contribution in [-0.2, 0) is 0 Å². The first-order chi connectivity index (χ1) is 7.10. The smallest absolute Gasteiger partial charge is 0.00165 e. The molecule has 1 heterocycles. The first kappa shape index (κ1) is 11.2. The second-order valence-electron chi connectivity index (χ2n) is 5.98. The molecule has 0 aromatic carbocycles. The third kappa shape index (κ3) is 2.44. The Morgan fingerprint density at radius 2 is 2.00 bits per heavy atom. The van der Waals surface area contributed by atoms with E-state index in [2.05, 4.69) is 31.9 Å². The van der Waals surface area contributed by atoms with Gasteiger partial charge in [0.2, 0.25) is 0 Å². The Morgan fingerprint density at radius 1 is 1.33 bits per heavy atom. The monoisotopic (exact) mass is 207 g/mol. The van der Waals surface area contributed by atoms with Crippen LogP contribution in [0.25, 0.3) is 0 Å². The lowest BCUT2D eigenvalue weighted by atomic mass is 9.65. The molecule has 0 bridgehead atoms. The Balaban J connectivity index is 1.98. The van der Waals surface area contributed by atoms with E-state index >= 15 is 0 Å². The second-order valence-corrected chi connectivity index (χ2v) is 5.98. The van der Waals surface area contributed by atoms with E-state index in [4.69, 9.17) is 0 Å². The van der Waals surface area contributed by atoms with Gasteiger partial charge in [-0.05, 0) is 70.5 Å². The fourth-order valence-corrected chi connectivity index (χ4v) is 3.14. The Kier molecular flexibility index (Phi) is 3.20. The number of hydrogen-bond donors (Lipinski definition) is 0. The van der Waals surface area contributed by atoms with Crippen LogP contribution in [0.4, 0.5) is 0 Å². The van der Waals surface area contributed by atoms with Crippen LogP contribution in [0.2, 0.25) is 0 Å². The molecule has 2 aliphatic rings.